The van der Waals surface area contributed by atoms with E-state index in [1.165, 1.54) is 30.3 Å². The van der Waals surface area contributed by atoms with Crippen molar-refractivity contribution in [2.45, 2.75) is 0 Å². The summed E-state index contributed by atoms with van der Waals surface area (Å²) in [6, 6.07) is 6.71. The Hall–Kier alpha value is -3.19. The highest BCUT2D eigenvalue weighted by molar-refractivity contribution is 6.33. The zero-order chi connectivity index (χ0) is 17.0. The van der Waals surface area contributed by atoms with E-state index in [4.69, 9.17) is 16.3 Å². The summed E-state index contributed by atoms with van der Waals surface area (Å²) in [5.41, 5.74) is 0.307. The topological polar surface area (TPSA) is 96.0 Å². The van der Waals surface area contributed by atoms with Crippen molar-refractivity contribution in [1.82, 2.24) is 0 Å². The number of fused-ring (bicyclic) bond motifs is 2. The number of ether oxygens (including phenoxy) is 3. The van der Waals surface area contributed by atoms with E-state index >= 15 is 0 Å². The van der Waals surface area contributed by atoms with E-state index in [2.05, 4.69) is 9.47 Å². The highest BCUT2D eigenvalue weighted by Crippen LogP contribution is 2.36. The summed E-state index contributed by atoms with van der Waals surface area (Å²) in [6.07, 6.45) is 0. The molecule has 4 rings (SSSR count). The second-order valence-electron chi connectivity index (χ2n) is 4.99. The molecule has 2 aliphatic rings. The van der Waals surface area contributed by atoms with E-state index in [0.717, 1.165) is 0 Å². The van der Waals surface area contributed by atoms with Gasteiger partial charge in [-0.2, -0.15) is 0 Å². The van der Waals surface area contributed by atoms with Crippen molar-refractivity contribution >= 4 is 35.5 Å². The number of carbonyl (C=O) groups is 4. The van der Waals surface area contributed by atoms with Gasteiger partial charge in [-0.05, 0) is 30.3 Å². The first-order valence-electron chi connectivity index (χ1n) is 6.62. The largest absolute Gasteiger partial charge is 0.456 e. The standard InChI is InChI=1S/C16H5ClO7/c17-11-4-9-10(16(21)24-15(9)20)5-12(11)22-6-1-2-7-8(3-6)14(19)23-13(7)18/h1-5H. The minimum absolute atomic E-state index is 0.0372. The van der Waals surface area contributed by atoms with Gasteiger partial charge in [-0.3, -0.25) is 0 Å². The third-order valence-electron chi connectivity index (χ3n) is 3.54. The first kappa shape index (κ1) is 14.4. The molecule has 0 fully saturated rings. The molecule has 0 N–H and O–H groups in total. The first-order valence-corrected chi connectivity index (χ1v) is 7.00. The lowest BCUT2D eigenvalue weighted by molar-refractivity contribution is 0.0425. The molecule has 0 saturated carbocycles. The number of hydrogen-bond donors (Lipinski definition) is 0. The zero-order valence-corrected chi connectivity index (χ0v) is 12.4. The third-order valence-corrected chi connectivity index (χ3v) is 3.84. The van der Waals surface area contributed by atoms with Gasteiger partial charge in [0.25, 0.3) is 0 Å². The number of esters is 4. The summed E-state index contributed by atoms with van der Waals surface area (Å²) < 4.78 is 14.5. The van der Waals surface area contributed by atoms with Gasteiger partial charge in [-0.25, -0.2) is 19.2 Å². The summed E-state index contributed by atoms with van der Waals surface area (Å²) in [4.78, 5) is 46.0. The normalized spacial score (nSPS) is 15.0. The Balaban J connectivity index is 1.72. The van der Waals surface area contributed by atoms with Gasteiger partial charge < -0.3 is 14.2 Å². The van der Waals surface area contributed by atoms with E-state index in [1.54, 1.807) is 0 Å². The van der Waals surface area contributed by atoms with Crippen LogP contribution in [-0.2, 0) is 9.47 Å². The van der Waals surface area contributed by atoms with Crippen LogP contribution in [0.15, 0.2) is 30.3 Å². The highest BCUT2D eigenvalue weighted by atomic mass is 35.5. The van der Waals surface area contributed by atoms with E-state index in [-0.39, 0.29) is 38.8 Å². The fourth-order valence-corrected chi connectivity index (χ4v) is 2.62. The van der Waals surface area contributed by atoms with Gasteiger partial charge in [-0.1, -0.05) is 11.6 Å². The van der Waals surface area contributed by atoms with Crippen LogP contribution in [-0.4, -0.2) is 23.9 Å². The molecule has 0 spiro atoms. The van der Waals surface area contributed by atoms with Crippen LogP contribution in [0.25, 0.3) is 0 Å². The fraction of sp³-hybridized carbons (Fsp3) is 0. The second-order valence-corrected chi connectivity index (χ2v) is 5.40. The molecular weight excluding hydrogens is 340 g/mol. The van der Waals surface area contributed by atoms with Crippen molar-refractivity contribution in [3.63, 3.8) is 0 Å². The number of carbonyl (C=O) groups excluding carboxylic acids is 4. The van der Waals surface area contributed by atoms with Gasteiger partial charge in [0.05, 0.1) is 27.3 Å². The maximum absolute atomic E-state index is 11.6. The lowest BCUT2D eigenvalue weighted by atomic mass is 10.1. The Kier molecular flexibility index (Phi) is 2.94. The smallest absolute Gasteiger partial charge is 0.347 e. The maximum Gasteiger partial charge on any atom is 0.347 e. The van der Waals surface area contributed by atoms with Crippen LogP contribution < -0.4 is 4.74 Å². The molecule has 0 amide bonds. The maximum atomic E-state index is 11.6. The Morgan fingerprint density at radius 1 is 0.708 bits per heavy atom. The number of benzene rings is 2. The Labute approximate surface area is 138 Å². The van der Waals surface area contributed by atoms with Crippen molar-refractivity contribution in [3.8, 4) is 11.5 Å². The SMILES string of the molecule is O=C1OC(=O)c2cc(Oc3cc4c(cc3Cl)C(=O)OC4=O)ccc21. The summed E-state index contributed by atoms with van der Waals surface area (Å²) in [7, 11) is 0. The quantitative estimate of drug-likeness (QED) is 0.610. The van der Waals surface area contributed by atoms with Gasteiger partial charge in [-0.15, -0.1) is 0 Å². The van der Waals surface area contributed by atoms with Crippen molar-refractivity contribution in [1.29, 1.82) is 0 Å². The lowest BCUT2D eigenvalue weighted by Gasteiger charge is -2.09. The van der Waals surface area contributed by atoms with E-state index in [9.17, 15) is 19.2 Å². The van der Waals surface area contributed by atoms with Gasteiger partial charge in [0.15, 0.2) is 0 Å². The van der Waals surface area contributed by atoms with Gasteiger partial charge in [0.1, 0.15) is 11.5 Å². The molecule has 0 aliphatic carbocycles. The molecule has 0 saturated heterocycles. The molecule has 0 radical (unpaired) electrons. The molecule has 8 heteroatoms. The van der Waals surface area contributed by atoms with Crippen molar-refractivity contribution in [2.24, 2.45) is 0 Å². The average Bonchev–Trinajstić information content (AvgIpc) is 2.97. The van der Waals surface area contributed by atoms with E-state index in [0.29, 0.717) is 0 Å². The summed E-state index contributed by atoms with van der Waals surface area (Å²) >= 11 is 6.05. The molecule has 7 nitrogen and oxygen atoms in total. The Morgan fingerprint density at radius 3 is 1.92 bits per heavy atom. The van der Waals surface area contributed by atoms with Crippen LogP contribution in [0, 0.1) is 0 Å². The van der Waals surface area contributed by atoms with E-state index in [1.807, 2.05) is 0 Å². The third kappa shape index (κ3) is 2.06. The summed E-state index contributed by atoms with van der Waals surface area (Å²) in [6.45, 7) is 0. The van der Waals surface area contributed by atoms with Crippen LogP contribution >= 0.6 is 11.6 Å². The average molecular weight is 345 g/mol. The van der Waals surface area contributed by atoms with Crippen LogP contribution in [0.4, 0.5) is 0 Å². The predicted octanol–water partition coefficient (Wildman–Crippen LogP) is 2.75. The van der Waals surface area contributed by atoms with Crippen LogP contribution in [0.5, 0.6) is 11.5 Å². The lowest BCUT2D eigenvalue weighted by Crippen LogP contribution is -1.97. The van der Waals surface area contributed by atoms with Gasteiger partial charge >= 0.3 is 23.9 Å². The molecule has 0 unspecified atom stereocenters. The van der Waals surface area contributed by atoms with E-state index < -0.39 is 23.9 Å². The van der Waals surface area contributed by atoms with Crippen molar-refractivity contribution in [2.75, 3.05) is 0 Å². The summed E-state index contributed by atoms with van der Waals surface area (Å²) in [5.74, 6) is -2.76. The molecular formula is C16H5ClO7. The van der Waals surface area contributed by atoms with Crippen LogP contribution in [0.1, 0.15) is 41.4 Å². The molecule has 0 bridgehead atoms. The molecule has 0 aromatic heterocycles. The minimum Gasteiger partial charge on any atom is -0.456 e. The fourth-order valence-electron chi connectivity index (χ4n) is 2.42. The monoisotopic (exact) mass is 344 g/mol. The first-order chi connectivity index (χ1) is 11.4. The summed E-state index contributed by atoms with van der Waals surface area (Å²) in [5, 5.41) is 0.0829. The second kappa shape index (κ2) is 4.90. The number of halogens is 1. The molecule has 2 heterocycles. The van der Waals surface area contributed by atoms with Crippen molar-refractivity contribution < 1.29 is 33.4 Å². The number of cyclic esters (lactones) is 4. The predicted molar refractivity (Wildman–Crippen MR) is 77.5 cm³/mol. The molecule has 2 aromatic rings. The van der Waals surface area contributed by atoms with Crippen LogP contribution in [0.3, 0.4) is 0 Å². The van der Waals surface area contributed by atoms with Gasteiger partial charge in [0, 0.05) is 0 Å². The van der Waals surface area contributed by atoms with Crippen LogP contribution in [0.2, 0.25) is 5.02 Å². The molecule has 118 valence electrons. The molecule has 0 atom stereocenters. The molecule has 24 heavy (non-hydrogen) atoms. The Morgan fingerprint density at radius 2 is 1.25 bits per heavy atom. The van der Waals surface area contributed by atoms with Crippen molar-refractivity contribution in [3.05, 3.63) is 57.6 Å². The molecule has 2 aromatic carbocycles. The minimum atomic E-state index is -0.792. The zero-order valence-electron chi connectivity index (χ0n) is 11.6. The highest BCUT2D eigenvalue weighted by Gasteiger charge is 2.32. The Bertz CT molecular complexity index is 977. The number of hydrogen-bond acceptors (Lipinski definition) is 7. The molecule has 2 aliphatic heterocycles. The van der Waals surface area contributed by atoms with Gasteiger partial charge in [0.2, 0.25) is 0 Å². The number of rotatable bonds is 2.